The van der Waals surface area contributed by atoms with Crippen LogP contribution < -0.4 is 10.7 Å². The number of carbonyl (C=O) groups is 2. The molecule has 0 atom stereocenters. The molecule has 0 aromatic heterocycles. The Balaban J connectivity index is 1.61. The molecule has 31 heavy (non-hydrogen) atoms. The lowest BCUT2D eigenvalue weighted by atomic mass is 10.1. The number of halogens is 1. The molecule has 0 aliphatic rings. The lowest BCUT2D eigenvalue weighted by Gasteiger charge is -2.07. The Bertz CT molecular complexity index is 1140. The number of benzene rings is 3. The summed E-state index contributed by atoms with van der Waals surface area (Å²) in [5.74, 6) is -0.744. The Morgan fingerprint density at radius 1 is 0.839 bits per heavy atom. The quantitative estimate of drug-likeness (QED) is 0.332. The number of hydrogen-bond acceptors (Lipinski definition) is 5. The van der Waals surface area contributed by atoms with Gasteiger partial charge in [-0.15, -0.1) is 0 Å². The van der Waals surface area contributed by atoms with Crippen LogP contribution >= 0.6 is 11.6 Å². The molecule has 3 rings (SSSR count). The minimum absolute atomic E-state index is 0.0977. The molecule has 2 amide bonds. The van der Waals surface area contributed by atoms with Crippen LogP contribution in [0.4, 0.5) is 11.4 Å². The van der Waals surface area contributed by atoms with E-state index in [9.17, 15) is 19.7 Å². The molecule has 0 spiro atoms. The Morgan fingerprint density at radius 3 is 1.94 bits per heavy atom. The Labute approximate surface area is 182 Å². The number of anilines is 1. The zero-order valence-corrected chi connectivity index (χ0v) is 17.1. The number of amides is 2. The van der Waals surface area contributed by atoms with Gasteiger partial charge in [-0.05, 0) is 61.0 Å². The van der Waals surface area contributed by atoms with E-state index in [0.29, 0.717) is 22.0 Å². The van der Waals surface area contributed by atoms with E-state index in [2.05, 4.69) is 15.8 Å². The monoisotopic (exact) mass is 436 g/mol. The van der Waals surface area contributed by atoms with Crippen molar-refractivity contribution in [1.82, 2.24) is 5.43 Å². The molecule has 0 saturated heterocycles. The largest absolute Gasteiger partial charge is 0.322 e. The number of hydrazone groups is 1. The first-order valence-corrected chi connectivity index (χ1v) is 9.48. The molecule has 156 valence electrons. The molecule has 0 radical (unpaired) electrons. The average Bonchev–Trinajstić information content (AvgIpc) is 2.78. The molecule has 0 heterocycles. The number of nitrogens with zero attached hydrogens (tertiary/aromatic N) is 2. The summed E-state index contributed by atoms with van der Waals surface area (Å²) in [6, 6.07) is 18.7. The van der Waals surface area contributed by atoms with Crippen molar-refractivity contribution in [3.05, 3.63) is 105 Å². The van der Waals surface area contributed by atoms with Crippen molar-refractivity contribution < 1.29 is 14.5 Å². The highest BCUT2D eigenvalue weighted by Gasteiger charge is 2.10. The summed E-state index contributed by atoms with van der Waals surface area (Å²) in [5.41, 5.74) is 4.95. The summed E-state index contributed by atoms with van der Waals surface area (Å²) in [5, 5.41) is 18.1. The highest BCUT2D eigenvalue weighted by atomic mass is 35.5. The van der Waals surface area contributed by atoms with Crippen LogP contribution in [0.15, 0.2) is 77.9 Å². The maximum absolute atomic E-state index is 12.3. The van der Waals surface area contributed by atoms with Crippen molar-refractivity contribution in [1.29, 1.82) is 0 Å². The van der Waals surface area contributed by atoms with E-state index in [-0.39, 0.29) is 17.2 Å². The molecule has 0 aliphatic carbocycles. The Hall–Kier alpha value is -4.04. The van der Waals surface area contributed by atoms with Gasteiger partial charge in [-0.1, -0.05) is 23.7 Å². The van der Waals surface area contributed by atoms with Crippen molar-refractivity contribution in [3.8, 4) is 0 Å². The SMILES string of the molecule is C/C(=N\NC(=O)c1ccc([N+](=O)[O-])cc1)c1ccc(NC(=O)c2ccc(Cl)cc2)cc1. The topological polar surface area (TPSA) is 114 Å². The third-order valence-electron chi connectivity index (χ3n) is 4.33. The minimum atomic E-state index is -0.536. The molecule has 0 saturated carbocycles. The number of non-ortho nitro benzene ring substituents is 1. The summed E-state index contributed by atoms with van der Waals surface area (Å²) in [7, 11) is 0. The van der Waals surface area contributed by atoms with Gasteiger partial charge >= 0.3 is 0 Å². The fraction of sp³-hybridized carbons (Fsp3) is 0.0455. The van der Waals surface area contributed by atoms with Gasteiger partial charge in [0.1, 0.15) is 0 Å². The van der Waals surface area contributed by atoms with Gasteiger partial charge in [0.15, 0.2) is 0 Å². The summed E-state index contributed by atoms with van der Waals surface area (Å²) in [4.78, 5) is 34.5. The lowest BCUT2D eigenvalue weighted by molar-refractivity contribution is -0.384. The summed E-state index contributed by atoms with van der Waals surface area (Å²) >= 11 is 5.83. The number of nitrogens with one attached hydrogen (secondary N) is 2. The van der Waals surface area contributed by atoms with Crippen LogP contribution in [0.5, 0.6) is 0 Å². The van der Waals surface area contributed by atoms with Gasteiger partial charge in [0.2, 0.25) is 0 Å². The fourth-order valence-corrected chi connectivity index (χ4v) is 2.72. The van der Waals surface area contributed by atoms with Crippen LogP contribution in [-0.4, -0.2) is 22.4 Å². The van der Waals surface area contributed by atoms with Crippen molar-refractivity contribution in [2.24, 2.45) is 5.10 Å². The zero-order valence-electron chi connectivity index (χ0n) is 16.3. The Morgan fingerprint density at radius 2 is 1.35 bits per heavy atom. The van der Waals surface area contributed by atoms with Crippen molar-refractivity contribution in [2.45, 2.75) is 6.92 Å². The van der Waals surface area contributed by atoms with Gasteiger partial charge in [0, 0.05) is 34.0 Å². The van der Waals surface area contributed by atoms with Gasteiger partial charge in [-0.3, -0.25) is 19.7 Å². The minimum Gasteiger partial charge on any atom is -0.322 e. The van der Waals surface area contributed by atoms with Gasteiger partial charge in [-0.2, -0.15) is 5.10 Å². The molecule has 0 unspecified atom stereocenters. The number of nitro groups is 1. The van der Waals surface area contributed by atoms with Crippen LogP contribution in [0.2, 0.25) is 5.02 Å². The van der Waals surface area contributed by atoms with Crippen molar-refractivity contribution in [3.63, 3.8) is 0 Å². The standard InChI is InChI=1S/C22H17ClN4O4/c1-14(25-26-22(29)17-6-12-20(13-7-17)27(30)31)15-4-10-19(11-5-15)24-21(28)16-2-8-18(23)9-3-16/h2-13H,1H3,(H,24,28)(H,26,29)/b25-14+. The molecular formula is C22H17ClN4O4. The molecule has 8 nitrogen and oxygen atoms in total. The van der Waals surface area contributed by atoms with E-state index in [0.717, 1.165) is 5.56 Å². The van der Waals surface area contributed by atoms with Crippen LogP contribution in [0.1, 0.15) is 33.2 Å². The lowest BCUT2D eigenvalue weighted by Crippen LogP contribution is -2.19. The third-order valence-corrected chi connectivity index (χ3v) is 4.58. The first kappa shape index (κ1) is 21.7. The molecule has 3 aromatic carbocycles. The second-order valence-electron chi connectivity index (χ2n) is 6.48. The van der Waals surface area contributed by atoms with Gasteiger partial charge in [0.25, 0.3) is 17.5 Å². The van der Waals surface area contributed by atoms with Gasteiger partial charge in [-0.25, -0.2) is 5.43 Å². The maximum Gasteiger partial charge on any atom is 0.271 e. The predicted octanol–water partition coefficient (Wildman–Crippen LogP) is 4.65. The number of rotatable bonds is 6. The fourth-order valence-electron chi connectivity index (χ4n) is 2.60. The molecule has 2 N–H and O–H groups in total. The van der Waals surface area contributed by atoms with Crippen LogP contribution in [-0.2, 0) is 0 Å². The molecule has 0 fully saturated rings. The number of carbonyl (C=O) groups excluding carboxylic acids is 2. The van der Waals surface area contributed by atoms with Crippen LogP contribution in [0.25, 0.3) is 0 Å². The average molecular weight is 437 g/mol. The Kier molecular flexibility index (Phi) is 6.74. The van der Waals surface area contributed by atoms with E-state index in [4.69, 9.17) is 11.6 Å². The molecule has 9 heteroatoms. The summed E-state index contributed by atoms with van der Waals surface area (Å²) in [6.45, 7) is 1.72. The van der Waals surface area contributed by atoms with E-state index < -0.39 is 10.8 Å². The number of nitro benzene ring substituents is 1. The zero-order chi connectivity index (χ0) is 22.4. The maximum atomic E-state index is 12.3. The van der Waals surface area contributed by atoms with Gasteiger partial charge in [0.05, 0.1) is 10.6 Å². The van der Waals surface area contributed by atoms with Crippen LogP contribution in [0, 0.1) is 10.1 Å². The van der Waals surface area contributed by atoms with E-state index >= 15 is 0 Å². The highest BCUT2D eigenvalue weighted by molar-refractivity contribution is 6.30. The molecule has 3 aromatic rings. The predicted molar refractivity (Wildman–Crippen MR) is 119 cm³/mol. The van der Waals surface area contributed by atoms with Crippen LogP contribution in [0.3, 0.4) is 0 Å². The van der Waals surface area contributed by atoms with E-state index in [1.54, 1.807) is 55.5 Å². The van der Waals surface area contributed by atoms with E-state index in [1.165, 1.54) is 24.3 Å². The second kappa shape index (κ2) is 9.64. The molecule has 0 aliphatic heterocycles. The van der Waals surface area contributed by atoms with E-state index in [1.807, 2.05) is 0 Å². The molecule has 0 bridgehead atoms. The van der Waals surface area contributed by atoms with Gasteiger partial charge < -0.3 is 5.32 Å². The first-order valence-electron chi connectivity index (χ1n) is 9.10. The number of hydrogen-bond donors (Lipinski definition) is 2. The smallest absolute Gasteiger partial charge is 0.271 e. The summed E-state index contributed by atoms with van der Waals surface area (Å²) in [6.07, 6.45) is 0. The summed E-state index contributed by atoms with van der Waals surface area (Å²) < 4.78 is 0. The molecular weight excluding hydrogens is 420 g/mol. The van der Waals surface area contributed by atoms with Crippen molar-refractivity contribution in [2.75, 3.05) is 5.32 Å². The second-order valence-corrected chi connectivity index (χ2v) is 6.92. The first-order chi connectivity index (χ1) is 14.8. The van der Waals surface area contributed by atoms with Crippen molar-refractivity contribution >= 4 is 40.5 Å². The highest BCUT2D eigenvalue weighted by Crippen LogP contribution is 2.15. The third kappa shape index (κ3) is 5.74. The normalized spacial score (nSPS) is 11.0.